The zero-order valence-electron chi connectivity index (χ0n) is 51.5. The maximum atomic E-state index is 14.7. The third-order valence-corrected chi connectivity index (χ3v) is 18.2. The van der Waals surface area contributed by atoms with Gasteiger partial charge in [0.2, 0.25) is 23.5 Å². The highest BCUT2D eigenvalue weighted by atomic mass is 16.7. The molecule has 0 bridgehead atoms. The molecule has 26 heteroatoms. The monoisotopic (exact) mass is 1250 g/mol. The fraction of sp³-hybridized carbons (Fsp3) is 0.547. The Hall–Kier alpha value is -7.69. The van der Waals surface area contributed by atoms with Crippen LogP contribution in [0.2, 0.25) is 0 Å². The summed E-state index contributed by atoms with van der Waals surface area (Å²) in [6.45, 7) is 8.46. The quantitative estimate of drug-likeness (QED) is 0.0372. The molecule has 0 saturated carbocycles. The van der Waals surface area contributed by atoms with Gasteiger partial charge in [0.1, 0.15) is 47.6 Å². The van der Waals surface area contributed by atoms with E-state index >= 15 is 0 Å². The number of fused-ring (bicyclic) bond motifs is 6. The van der Waals surface area contributed by atoms with Crippen molar-refractivity contribution in [3.05, 3.63) is 93.6 Å². The number of carbonyl (C=O) groups is 9. The molecular formula is C64H79N7O19. The third kappa shape index (κ3) is 13.4. The normalized spacial score (nSPS) is 25.6. The van der Waals surface area contributed by atoms with Crippen molar-refractivity contribution in [2.75, 3.05) is 65.9 Å². The molecule has 3 aromatic rings. The number of aromatic hydroxyl groups is 2. The van der Waals surface area contributed by atoms with E-state index in [1.807, 2.05) is 11.8 Å². The number of likely N-dealkylation sites (tertiary alicyclic amines) is 1. The summed E-state index contributed by atoms with van der Waals surface area (Å²) < 4.78 is 42.0. The maximum Gasteiger partial charge on any atom is 0.410 e. The highest BCUT2D eigenvalue weighted by Gasteiger charge is 2.55. The summed E-state index contributed by atoms with van der Waals surface area (Å²) in [5.74, 6) is -5.74. The van der Waals surface area contributed by atoms with E-state index < -0.39 is 119 Å². The number of unbranched alkanes of at least 4 members (excludes halogenated alkanes) is 2. The van der Waals surface area contributed by atoms with Crippen molar-refractivity contribution in [3.63, 3.8) is 0 Å². The van der Waals surface area contributed by atoms with E-state index in [9.17, 15) is 58.5 Å². The summed E-state index contributed by atoms with van der Waals surface area (Å²) in [4.78, 5) is 126. The van der Waals surface area contributed by atoms with Crippen LogP contribution >= 0.6 is 0 Å². The van der Waals surface area contributed by atoms with Gasteiger partial charge in [-0.3, -0.25) is 53.1 Å². The first-order chi connectivity index (χ1) is 43.0. The number of amides is 6. The van der Waals surface area contributed by atoms with Crippen molar-refractivity contribution in [2.45, 2.75) is 159 Å². The van der Waals surface area contributed by atoms with E-state index in [0.717, 1.165) is 4.90 Å². The summed E-state index contributed by atoms with van der Waals surface area (Å²) in [7, 11) is 4.50. The van der Waals surface area contributed by atoms with Crippen molar-refractivity contribution < 1.29 is 91.6 Å². The van der Waals surface area contributed by atoms with Crippen molar-refractivity contribution >= 4 is 58.7 Å². The van der Waals surface area contributed by atoms with Gasteiger partial charge in [-0.05, 0) is 69.2 Å². The van der Waals surface area contributed by atoms with Gasteiger partial charge in [-0.25, -0.2) is 4.79 Å². The second-order valence-electron chi connectivity index (χ2n) is 24.5. The smallest absolute Gasteiger partial charge is 0.410 e. The lowest BCUT2D eigenvalue weighted by atomic mass is 9.71. The summed E-state index contributed by atoms with van der Waals surface area (Å²) in [6.07, 6.45) is -0.603. The first kappa shape index (κ1) is 65.3. The van der Waals surface area contributed by atoms with Crippen LogP contribution in [0.5, 0.6) is 17.2 Å². The van der Waals surface area contributed by atoms with Crippen molar-refractivity contribution in [1.82, 2.24) is 30.2 Å². The standard InChI is InChI=1S/C64H79N7O19/c1-33(2)53(67-45(73)14-9-8-10-23-71-46(74)19-20-47(71)75)60(81)65-34(3)59(80)66-37-17-15-36(16-18-37)32-87-63(82)68(5)38-21-24-69(25-22-38)31-44(72)64(83)29-40-50(57(79)52-51(55(40)77)54(76)39-12-11-13-42(84-6)49(39)56(52)78)43(30-64)89-48-28-41-58(35(4)88-48)90-61-62(85-7)86-27-26-70(41)61/h11-13,15-20,33-35,38,41,43,48,53,58,61-62,77,79,83H,8-10,14,21-32H2,1-7H3,(H,65,81)(H,66,80)(H,67,73)/t34-,35-,41-,43-,48-,53-,58+,61+,62-,64-/m0/s1. The lowest BCUT2D eigenvalue weighted by Gasteiger charge is -2.44. The lowest BCUT2D eigenvalue weighted by Crippen LogP contribution is -2.55. The predicted molar refractivity (Wildman–Crippen MR) is 318 cm³/mol. The lowest BCUT2D eigenvalue weighted by molar-refractivity contribution is -0.256. The molecule has 0 unspecified atom stereocenters. The van der Waals surface area contributed by atoms with Crippen LogP contribution in [0.15, 0.2) is 54.6 Å². The van der Waals surface area contributed by atoms with Crippen LogP contribution in [0.25, 0.3) is 0 Å². The highest BCUT2D eigenvalue weighted by Crippen LogP contribution is 2.53. The molecule has 5 heterocycles. The average molecular weight is 1250 g/mol. The zero-order valence-corrected chi connectivity index (χ0v) is 51.5. The number of hydrogen-bond donors (Lipinski definition) is 6. The largest absolute Gasteiger partial charge is 0.507 e. The molecule has 2 aliphatic carbocycles. The van der Waals surface area contributed by atoms with Crippen molar-refractivity contribution in [1.29, 1.82) is 0 Å². The molecule has 0 aromatic heterocycles. The first-order valence-corrected chi connectivity index (χ1v) is 30.6. The Kier molecular flexibility index (Phi) is 19.9. The number of piperidine rings is 1. The number of hydrogen-bond acceptors (Lipinski definition) is 21. The number of aliphatic hydroxyl groups is 1. The maximum absolute atomic E-state index is 14.7. The number of rotatable bonds is 22. The fourth-order valence-electron chi connectivity index (χ4n) is 13.2. The van der Waals surface area contributed by atoms with Gasteiger partial charge in [-0.2, -0.15) is 0 Å². The molecule has 6 N–H and O–H groups in total. The van der Waals surface area contributed by atoms with E-state index in [1.54, 1.807) is 45.2 Å². The summed E-state index contributed by atoms with van der Waals surface area (Å²) in [5.41, 5.74) is -2.43. The molecule has 26 nitrogen and oxygen atoms in total. The van der Waals surface area contributed by atoms with Gasteiger partial charge in [-0.15, -0.1) is 0 Å². The second kappa shape index (κ2) is 27.4. The minimum absolute atomic E-state index is 0.0566. The van der Waals surface area contributed by atoms with E-state index in [4.69, 9.17) is 33.2 Å². The number of morpholine rings is 1. The van der Waals surface area contributed by atoms with Crippen LogP contribution in [-0.2, 0) is 70.2 Å². The second-order valence-corrected chi connectivity index (χ2v) is 24.5. The number of phenolic OH excluding ortho intramolecular Hbond substituents is 2. The van der Waals surface area contributed by atoms with E-state index in [-0.39, 0.29) is 102 Å². The molecule has 4 saturated heterocycles. The number of Topliss-reactive ketones (excluding diaryl/α,β-unsaturated/α-hetero) is 1. The number of ether oxygens (including phenoxy) is 7. The molecule has 10 atom stereocenters. The molecule has 484 valence electrons. The van der Waals surface area contributed by atoms with Gasteiger partial charge in [0.25, 0.3) is 11.8 Å². The molecule has 7 aliphatic rings. The number of benzene rings is 3. The van der Waals surface area contributed by atoms with E-state index in [1.165, 1.54) is 56.4 Å². The van der Waals surface area contributed by atoms with Crippen molar-refractivity contribution in [2.24, 2.45) is 5.92 Å². The topological polar surface area (TPSA) is 328 Å². The number of ketones is 3. The molecule has 5 aliphatic heterocycles. The van der Waals surface area contributed by atoms with Gasteiger partial charge >= 0.3 is 6.09 Å². The van der Waals surface area contributed by atoms with Gasteiger partial charge in [-0.1, -0.05) is 44.5 Å². The SMILES string of the molecule is COc1cccc2c1C(=O)c1c(O)c3c(c(O)c1C2=O)C[C@@](O)(C(=O)CN1CCC(N(C)C(=O)OCc2ccc(NC(=O)[C@H](C)NC(=O)[C@@H](NC(=O)CCCCCN4C(=O)C=CC4=O)C(C)C)cc2)CC1)C[C@@H]3O[C@H]1C[C@H]2[C@H](O[C@@H]3[C@@H](OC)OCCN32)[C@H](C)O1. The number of carbonyl (C=O) groups excluding carboxylic acids is 9. The molecule has 90 heavy (non-hydrogen) atoms. The zero-order chi connectivity index (χ0) is 64.5. The van der Waals surface area contributed by atoms with Crippen LogP contribution < -0.4 is 20.7 Å². The molecule has 6 amide bonds. The molecule has 4 fully saturated rings. The Morgan fingerprint density at radius 1 is 0.844 bits per heavy atom. The predicted octanol–water partition coefficient (Wildman–Crippen LogP) is 3.52. The minimum atomic E-state index is -2.22. The third-order valence-electron chi connectivity index (χ3n) is 18.2. The summed E-state index contributed by atoms with van der Waals surface area (Å²) in [5, 5.41) is 45.3. The molecular weight excluding hydrogens is 1170 g/mol. The van der Waals surface area contributed by atoms with Gasteiger partial charge in [0, 0.05) is 113 Å². The summed E-state index contributed by atoms with van der Waals surface area (Å²) in [6, 6.07) is 8.69. The Balaban J connectivity index is 0.719. The van der Waals surface area contributed by atoms with Gasteiger partial charge < -0.3 is 69.3 Å². The average Bonchev–Trinajstić information content (AvgIpc) is 0.870. The van der Waals surface area contributed by atoms with E-state index in [0.29, 0.717) is 69.6 Å². The number of nitrogens with zero attached hydrogens (tertiary/aromatic N) is 4. The molecule has 0 radical (unpaired) electrons. The van der Waals surface area contributed by atoms with Crippen LogP contribution in [-0.4, -0.2) is 209 Å². The number of methoxy groups -OCH3 is 2. The Labute approximate surface area is 520 Å². The Bertz CT molecular complexity index is 3310. The first-order valence-electron chi connectivity index (χ1n) is 30.6. The van der Waals surface area contributed by atoms with Gasteiger partial charge in [0.05, 0.1) is 49.2 Å². The number of nitrogens with one attached hydrogen (secondary N) is 3. The molecule has 3 aromatic carbocycles. The van der Waals surface area contributed by atoms with E-state index in [2.05, 4.69) is 20.9 Å². The van der Waals surface area contributed by atoms with Crippen LogP contribution in [0.1, 0.15) is 134 Å². The van der Waals surface area contributed by atoms with Crippen molar-refractivity contribution in [3.8, 4) is 17.2 Å². The van der Waals surface area contributed by atoms with Crippen LogP contribution in [0.3, 0.4) is 0 Å². The Morgan fingerprint density at radius 3 is 2.24 bits per heavy atom. The number of imide groups is 1. The molecule has 0 spiro atoms. The highest BCUT2D eigenvalue weighted by molar-refractivity contribution is 6.31. The Morgan fingerprint density at radius 2 is 1.56 bits per heavy atom. The number of phenols is 2. The fourth-order valence-corrected chi connectivity index (χ4v) is 13.2. The van der Waals surface area contributed by atoms with Gasteiger partial charge in [0.15, 0.2) is 30.4 Å². The minimum Gasteiger partial charge on any atom is -0.507 e. The summed E-state index contributed by atoms with van der Waals surface area (Å²) >= 11 is 0. The molecule has 10 rings (SSSR count). The van der Waals surface area contributed by atoms with Crippen LogP contribution in [0.4, 0.5) is 10.5 Å². The number of anilines is 1. The van der Waals surface area contributed by atoms with Crippen LogP contribution in [0, 0.1) is 5.92 Å².